The number of carbonyl (C=O) groups excluding carboxylic acids is 1. The van der Waals surface area contributed by atoms with Crippen molar-refractivity contribution in [2.45, 2.75) is 37.7 Å². The number of aryl methyl sites for hydroxylation is 1. The minimum absolute atomic E-state index is 0.0814. The summed E-state index contributed by atoms with van der Waals surface area (Å²) in [5.74, 6) is -0.192. The molecule has 0 spiro atoms. The molecule has 1 N–H and O–H groups in total. The van der Waals surface area contributed by atoms with E-state index >= 15 is 0 Å². The van der Waals surface area contributed by atoms with Crippen molar-refractivity contribution >= 4 is 33.2 Å². The second kappa shape index (κ2) is 10.0. The maximum absolute atomic E-state index is 13.2. The first-order valence-electron chi connectivity index (χ1n) is 11.3. The van der Waals surface area contributed by atoms with Crippen LogP contribution in [0.3, 0.4) is 0 Å². The number of hydrogen-bond donors (Lipinski definition) is 1. The van der Waals surface area contributed by atoms with E-state index in [1.165, 1.54) is 28.9 Å². The quantitative estimate of drug-likeness (QED) is 0.670. The zero-order valence-electron chi connectivity index (χ0n) is 19.0. The third-order valence-electron chi connectivity index (χ3n) is 6.48. The molecule has 2 fully saturated rings. The first kappa shape index (κ1) is 24.0. The average molecular weight is 492 g/mol. The lowest BCUT2D eigenvalue weighted by molar-refractivity contribution is 0.0746. The van der Waals surface area contributed by atoms with Gasteiger partial charge in [0.15, 0.2) is 0 Å². The van der Waals surface area contributed by atoms with Gasteiger partial charge in [0.2, 0.25) is 10.0 Å². The lowest BCUT2D eigenvalue weighted by Gasteiger charge is -2.37. The summed E-state index contributed by atoms with van der Waals surface area (Å²) in [6, 6.07) is 10.7. The summed E-state index contributed by atoms with van der Waals surface area (Å²) in [6.45, 7) is 7.62. The molecule has 2 saturated heterocycles. The number of anilines is 1. The average Bonchev–Trinajstić information content (AvgIpc) is 3.33. The number of carbonyl (C=O) groups is 1. The normalized spacial score (nSPS) is 19.2. The molecule has 178 valence electrons. The maximum atomic E-state index is 13.2. The third-order valence-corrected chi connectivity index (χ3v) is 8.38. The number of nitrogens with zero attached hydrogens (tertiary/aromatic N) is 2. The first-order chi connectivity index (χ1) is 15.8. The molecule has 2 aliphatic rings. The van der Waals surface area contributed by atoms with Gasteiger partial charge in [0.25, 0.3) is 5.91 Å². The van der Waals surface area contributed by atoms with Crippen molar-refractivity contribution < 1.29 is 17.9 Å². The molecule has 1 amide bonds. The van der Waals surface area contributed by atoms with Crippen molar-refractivity contribution in [1.82, 2.24) is 9.62 Å². The Labute approximate surface area is 200 Å². The van der Waals surface area contributed by atoms with Crippen LogP contribution < -0.4 is 9.62 Å². The van der Waals surface area contributed by atoms with E-state index in [1.807, 2.05) is 0 Å². The molecule has 1 atom stereocenters. The van der Waals surface area contributed by atoms with E-state index in [9.17, 15) is 13.2 Å². The van der Waals surface area contributed by atoms with Crippen LogP contribution >= 0.6 is 11.6 Å². The molecule has 33 heavy (non-hydrogen) atoms. The van der Waals surface area contributed by atoms with Gasteiger partial charge in [0, 0.05) is 50.6 Å². The summed E-state index contributed by atoms with van der Waals surface area (Å²) in [4.78, 5) is 17.1. The van der Waals surface area contributed by atoms with Crippen LogP contribution in [0.15, 0.2) is 41.3 Å². The smallest absolute Gasteiger partial charge is 0.254 e. The predicted molar refractivity (Wildman–Crippen MR) is 130 cm³/mol. The van der Waals surface area contributed by atoms with Crippen molar-refractivity contribution in [2.75, 3.05) is 44.2 Å². The van der Waals surface area contributed by atoms with Gasteiger partial charge in [-0.3, -0.25) is 4.79 Å². The van der Waals surface area contributed by atoms with Crippen molar-refractivity contribution in [1.29, 1.82) is 0 Å². The minimum atomic E-state index is -3.86. The zero-order valence-corrected chi connectivity index (χ0v) is 20.6. The van der Waals surface area contributed by atoms with Gasteiger partial charge in [0.05, 0.1) is 11.1 Å². The summed E-state index contributed by atoms with van der Waals surface area (Å²) < 4.78 is 33.7. The van der Waals surface area contributed by atoms with Gasteiger partial charge in [0.1, 0.15) is 4.90 Å². The monoisotopic (exact) mass is 491 g/mol. The first-order valence-corrected chi connectivity index (χ1v) is 13.1. The Morgan fingerprint density at radius 3 is 2.61 bits per heavy atom. The molecule has 0 saturated carbocycles. The molecule has 0 aromatic heterocycles. The number of halogens is 1. The number of nitrogens with one attached hydrogen (secondary N) is 1. The molecular formula is C24H30ClN3O4S. The Hall–Kier alpha value is -2.13. The molecule has 0 radical (unpaired) electrons. The topological polar surface area (TPSA) is 79.0 Å². The largest absolute Gasteiger partial charge is 0.377 e. The van der Waals surface area contributed by atoms with Crippen LogP contribution in [0.5, 0.6) is 0 Å². The van der Waals surface area contributed by atoms with E-state index < -0.39 is 10.0 Å². The second-order valence-electron chi connectivity index (χ2n) is 8.63. The summed E-state index contributed by atoms with van der Waals surface area (Å²) >= 11 is 6.20. The van der Waals surface area contributed by atoms with E-state index in [4.69, 9.17) is 16.3 Å². The molecule has 2 aliphatic heterocycles. The number of benzene rings is 2. The van der Waals surface area contributed by atoms with Crippen molar-refractivity contribution in [3.63, 3.8) is 0 Å². The lowest BCUT2D eigenvalue weighted by Crippen LogP contribution is -2.49. The highest BCUT2D eigenvalue weighted by atomic mass is 35.5. The molecule has 2 aromatic rings. The minimum Gasteiger partial charge on any atom is -0.377 e. The van der Waals surface area contributed by atoms with E-state index in [1.54, 1.807) is 11.0 Å². The fourth-order valence-corrected chi connectivity index (χ4v) is 5.93. The molecule has 0 bridgehead atoms. The summed E-state index contributed by atoms with van der Waals surface area (Å²) in [7, 11) is -3.86. The second-order valence-corrected chi connectivity index (χ2v) is 10.8. The van der Waals surface area contributed by atoms with Gasteiger partial charge in [-0.05, 0) is 62.1 Å². The Balaban J connectivity index is 1.44. The SMILES string of the molecule is Cc1cccc(N2CCN(C(=O)c3ccc(Cl)c(S(=O)(=O)NC[C@H]4CCCO4)c3)CC2)c1C. The summed E-state index contributed by atoms with van der Waals surface area (Å²) in [5.41, 5.74) is 4.01. The highest BCUT2D eigenvalue weighted by molar-refractivity contribution is 7.89. The Bertz CT molecular complexity index is 1120. The van der Waals surface area contributed by atoms with Gasteiger partial charge in [-0.1, -0.05) is 23.7 Å². The third kappa shape index (κ3) is 5.35. The standard InChI is InChI=1S/C24H30ClN3O4S/c1-17-5-3-7-22(18(17)2)27-10-12-28(13-11-27)24(29)19-8-9-21(25)23(15-19)33(30,31)26-16-20-6-4-14-32-20/h3,5,7-9,15,20,26H,4,6,10-14,16H2,1-2H3/t20-/m1/s1. The van der Waals surface area contributed by atoms with E-state index in [0.717, 1.165) is 25.9 Å². The number of hydrogen-bond acceptors (Lipinski definition) is 5. The Morgan fingerprint density at radius 1 is 1.15 bits per heavy atom. The molecule has 2 heterocycles. The molecule has 0 aliphatic carbocycles. The Kier molecular flexibility index (Phi) is 7.28. The number of sulfonamides is 1. The number of amides is 1. The molecule has 0 unspecified atom stereocenters. The molecular weight excluding hydrogens is 462 g/mol. The van der Waals surface area contributed by atoms with Gasteiger partial charge >= 0.3 is 0 Å². The van der Waals surface area contributed by atoms with Gasteiger partial charge in [-0.2, -0.15) is 0 Å². The molecule has 2 aromatic carbocycles. The Morgan fingerprint density at radius 2 is 1.91 bits per heavy atom. The molecule has 4 rings (SSSR count). The fourth-order valence-electron chi connectivity index (χ4n) is 4.34. The van der Waals surface area contributed by atoms with Crippen LogP contribution in [0.1, 0.15) is 34.3 Å². The van der Waals surface area contributed by atoms with Crippen LogP contribution in [0, 0.1) is 13.8 Å². The van der Waals surface area contributed by atoms with E-state index in [0.29, 0.717) is 25.3 Å². The highest BCUT2D eigenvalue weighted by Crippen LogP contribution is 2.26. The molecule has 7 nitrogen and oxygen atoms in total. The zero-order chi connectivity index (χ0) is 23.6. The van der Waals surface area contributed by atoms with Crippen LogP contribution in [-0.2, 0) is 14.8 Å². The predicted octanol–water partition coefficient (Wildman–Crippen LogP) is 3.38. The van der Waals surface area contributed by atoms with Gasteiger partial charge in [-0.25, -0.2) is 13.1 Å². The van der Waals surface area contributed by atoms with Crippen LogP contribution in [-0.4, -0.2) is 64.7 Å². The van der Waals surface area contributed by atoms with Crippen molar-refractivity contribution in [2.24, 2.45) is 0 Å². The summed E-state index contributed by atoms with van der Waals surface area (Å²) in [6.07, 6.45) is 1.62. The maximum Gasteiger partial charge on any atom is 0.254 e. The lowest BCUT2D eigenvalue weighted by atomic mass is 10.1. The summed E-state index contributed by atoms with van der Waals surface area (Å²) in [5, 5.41) is 0.0890. The van der Waals surface area contributed by atoms with Gasteiger partial charge < -0.3 is 14.5 Å². The van der Waals surface area contributed by atoms with Crippen LogP contribution in [0.4, 0.5) is 5.69 Å². The number of rotatable bonds is 6. The van der Waals surface area contributed by atoms with Crippen LogP contribution in [0.2, 0.25) is 5.02 Å². The van der Waals surface area contributed by atoms with E-state index in [2.05, 4.69) is 41.7 Å². The van der Waals surface area contributed by atoms with E-state index in [-0.39, 0.29) is 28.5 Å². The van der Waals surface area contributed by atoms with Crippen LogP contribution in [0.25, 0.3) is 0 Å². The fraction of sp³-hybridized carbons (Fsp3) is 0.458. The highest BCUT2D eigenvalue weighted by Gasteiger charge is 2.27. The van der Waals surface area contributed by atoms with Crippen molar-refractivity contribution in [3.05, 3.63) is 58.1 Å². The number of piperazine rings is 1. The van der Waals surface area contributed by atoms with Gasteiger partial charge in [-0.15, -0.1) is 0 Å². The van der Waals surface area contributed by atoms with Crippen molar-refractivity contribution in [3.8, 4) is 0 Å². The molecule has 9 heteroatoms. The number of ether oxygens (including phenoxy) is 1.